The summed E-state index contributed by atoms with van der Waals surface area (Å²) in [6.45, 7) is 7.21. The van der Waals surface area contributed by atoms with E-state index in [4.69, 9.17) is 19.6 Å². The molecule has 0 aromatic heterocycles. The Kier molecular flexibility index (Phi) is 23.4. The second-order valence-corrected chi connectivity index (χ2v) is 14.5. The van der Waals surface area contributed by atoms with Crippen LogP contribution in [0.25, 0.3) is 0 Å². The molecule has 0 spiro atoms. The van der Waals surface area contributed by atoms with Crippen molar-refractivity contribution < 1.29 is 44.3 Å². The highest BCUT2D eigenvalue weighted by Crippen LogP contribution is 2.48. The van der Waals surface area contributed by atoms with Crippen LogP contribution in [0.3, 0.4) is 0 Å². The van der Waals surface area contributed by atoms with Crippen molar-refractivity contribution >= 4 is 17.2 Å². The summed E-state index contributed by atoms with van der Waals surface area (Å²) in [7, 11) is -5.22. The first-order chi connectivity index (χ1) is 23.0. The van der Waals surface area contributed by atoms with Crippen LogP contribution in [0, 0.1) is 5.41 Å². The average molecular weight is 715 g/mol. The Morgan fingerprint density at radius 1 is 0.521 bits per heavy atom. The molecule has 0 saturated heterocycles. The molecule has 2 aromatic rings. The van der Waals surface area contributed by atoms with Gasteiger partial charge in [0.1, 0.15) is 5.60 Å². The zero-order chi connectivity index (χ0) is 36.0. The number of benzene rings is 2. The number of aliphatic hydroxyl groups excluding tert-OH is 3. The molecule has 0 atom stereocenters. The van der Waals surface area contributed by atoms with Crippen molar-refractivity contribution in [2.45, 2.75) is 136 Å². The summed E-state index contributed by atoms with van der Waals surface area (Å²) in [6, 6.07) is 12.7. The van der Waals surface area contributed by atoms with E-state index in [-0.39, 0.29) is 0 Å². The maximum Gasteiger partial charge on any atom is 0.334 e. The van der Waals surface area contributed by atoms with E-state index >= 15 is 0 Å². The van der Waals surface area contributed by atoms with Crippen LogP contribution < -0.4 is 0 Å². The summed E-state index contributed by atoms with van der Waals surface area (Å²) >= 11 is 0. The minimum Gasteiger partial charge on any atom is -0.395 e. The molecule has 0 heterocycles. The van der Waals surface area contributed by atoms with Gasteiger partial charge in [0.15, 0.2) is 0 Å². The third-order valence-corrected chi connectivity index (χ3v) is 10.3. The monoisotopic (exact) mass is 714 g/mol. The lowest BCUT2D eigenvalue weighted by atomic mass is 9.63. The van der Waals surface area contributed by atoms with E-state index in [1.54, 1.807) is 0 Å². The number of hydrogen-bond acceptors (Lipinski definition) is 9. The molecule has 2 rings (SSSR count). The van der Waals surface area contributed by atoms with Crippen LogP contribution in [0.2, 0.25) is 0 Å². The van der Waals surface area contributed by atoms with Gasteiger partial charge in [-0.3, -0.25) is 0 Å². The van der Waals surface area contributed by atoms with Crippen LogP contribution in [0.15, 0.2) is 36.4 Å². The minimum absolute atomic E-state index is 0.532. The number of aliphatic hydroxyl groups is 4. The summed E-state index contributed by atoms with van der Waals surface area (Å²) in [6.07, 6.45) is 17.0. The SMILES string of the molecule is CCCCCc1ccc(C(O)(c2ccc(CCCCC)cc2CCCCC)C(CO)(CO)CO)c(CCCCC)c1.OP(O)OP(O)O. The fourth-order valence-corrected chi connectivity index (χ4v) is 6.81. The van der Waals surface area contributed by atoms with Crippen molar-refractivity contribution in [3.05, 3.63) is 69.8 Å². The van der Waals surface area contributed by atoms with E-state index in [2.05, 4.69) is 56.3 Å². The third-order valence-electron chi connectivity index (χ3n) is 9.18. The smallest absolute Gasteiger partial charge is 0.334 e. The summed E-state index contributed by atoms with van der Waals surface area (Å²) in [5, 5.41) is 45.4. The first-order valence-electron chi connectivity index (χ1n) is 17.9. The van der Waals surface area contributed by atoms with Gasteiger partial charge < -0.3 is 40.0 Å². The maximum absolute atomic E-state index is 13.1. The average Bonchev–Trinajstić information content (AvgIpc) is 3.06. The number of hydrogen-bond donors (Lipinski definition) is 8. The quantitative estimate of drug-likeness (QED) is 0.0412. The second-order valence-electron chi connectivity index (χ2n) is 12.9. The van der Waals surface area contributed by atoms with Gasteiger partial charge in [0.05, 0.1) is 25.2 Å². The van der Waals surface area contributed by atoms with Crippen LogP contribution >= 0.6 is 17.2 Å². The summed E-state index contributed by atoms with van der Waals surface area (Å²) < 4.78 is 3.60. The predicted octanol–water partition coefficient (Wildman–Crippen LogP) is 7.24. The lowest BCUT2D eigenvalue weighted by molar-refractivity contribution is -0.136. The van der Waals surface area contributed by atoms with Gasteiger partial charge in [-0.05, 0) is 84.7 Å². The molecular formula is C37H64O9P2. The second kappa shape index (κ2) is 25.0. The molecule has 2 aromatic carbocycles. The van der Waals surface area contributed by atoms with Crippen molar-refractivity contribution in [2.24, 2.45) is 5.41 Å². The molecule has 0 aliphatic rings. The zero-order valence-electron chi connectivity index (χ0n) is 29.8. The van der Waals surface area contributed by atoms with Crippen molar-refractivity contribution in [1.29, 1.82) is 0 Å². The fraction of sp³-hybridized carbons (Fsp3) is 0.676. The van der Waals surface area contributed by atoms with Crippen LogP contribution in [0.5, 0.6) is 0 Å². The van der Waals surface area contributed by atoms with Gasteiger partial charge in [-0.25, -0.2) is 4.31 Å². The normalized spacial score (nSPS) is 12.1. The van der Waals surface area contributed by atoms with Crippen molar-refractivity contribution in [3.8, 4) is 0 Å². The maximum atomic E-state index is 13.1. The highest BCUT2D eigenvalue weighted by Gasteiger charge is 2.53. The molecule has 0 aliphatic heterocycles. The Bertz CT molecular complexity index is 1040. The molecule has 48 heavy (non-hydrogen) atoms. The molecular weight excluding hydrogens is 650 g/mol. The lowest BCUT2D eigenvalue weighted by Gasteiger charge is -2.47. The largest absolute Gasteiger partial charge is 0.395 e. The molecule has 0 fully saturated rings. The number of rotatable bonds is 24. The fourth-order valence-electron chi connectivity index (χ4n) is 6.29. The molecule has 276 valence electrons. The van der Waals surface area contributed by atoms with Gasteiger partial charge in [0.25, 0.3) is 0 Å². The van der Waals surface area contributed by atoms with Crippen LogP contribution in [0.4, 0.5) is 0 Å². The Labute approximate surface area is 292 Å². The third kappa shape index (κ3) is 13.9. The van der Waals surface area contributed by atoms with E-state index in [0.29, 0.717) is 11.1 Å². The minimum atomic E-state index is -2.61. The van der Waals surface area contributed by atoms with Crippen molar-refractivity contribution in [2.75, 3.05) is 19.8 Å². The van der Waals surface area contributed by atoms with E-state index in [0.717, 1.165) is 88.2 Å². The summed E-state index contributed by atoms with van der Waals surface area (Å²) in [5.74, 6) is 0. The number of unbranched alkanes of at least 4 members (excludes halogenated alkanes) is 8. The lowest BCUT2D eigenvalue weighted by Crippen LogP contribution is -2.55. The van der Waals surface area contributed by atoms with Crippen LogP contribution in [0.1, 0.15) is 138 Å². The van der Waals surface area contributed by atoms with Crippen molar-refractivity contribution in [1.82, 2.24) is 0 Å². The predicted molar refractivity (Wildman–Crippen MR) is 196 cm³/mol. The molecule has 0 bridgehead atoms. The van der Waals surface area contributed by atoms with Crippen molar-refractivity contribution in [3.63, 3.8) is 0 Å². The highest BCUT2D eigenvalue weighted by molar-refractivity contribution is 7.53. The summed E-state index contributed by atoms with van der Waals surface area (Å²) in [4.78, 5) is 31.3. The first-order valence-corrected chi connectivity index (χ1v) is 20.2. The Balaban J connectivity index is 0.00000148. The van der Waals surface area contributed by atoms with E-state index < -0.39 is 48.0 Å². The molecule has 0 amide bonds. The van der Waals surface area contributed by atoms with Gasteiger partial charge in [-0.1, -0.05) is 115 Å². The van der Waals surface area contributed by atoms with Crippen LogP contribution in [-0.2, 0) is 35.6 Å². The molecule has 9 nitrogen and oxygen atoms in total. The molecule has 0 radical (unpaired) electrons. The number of aryl methyl sites for hydroxylation is 4. The molecule has 0 saturated carbocycles. The molecule has 8 N–H and O–H groups in total. The Morgan fingerprint density at radius 3 is 1.12 bits per heavy atom. The van der Waals surface area contributed by atoms with E-state index in [1.807, 2.05) is 12.1 Å². The molecule has 0 unspecified atom stereocenters. The highest BCUT2D eigenvalue weighted by atomic mass is 31.2. The zero-order valence-corrected chi connectivity index (χ0v) is 31.6. The van der Waals surface area contributed by atoms with Gasteiger partial charge in [-0.15, -0.1) is 0 Å². The van der Waals surface area contributed by atoms with Gasteiger partial charge in [0.2, 0.25) is 0 Å². The van der Waals surface area contributed by atoms with E-state index in [1.165, 1.54) is 36.8 Å². The Hall–Kier alpha value is -1.06. The molecule has 11 heteroatoms. The first kappa shape index (κ1) is 45.0. The van der Waals surface area contributed by atoms with E-state index in [9.17, 15) is 20.4 Å². The Morgan fingerprint density at radius 2 is 0.854 bits per heavy atom. The standard InChI is InChI=1S/C37H60O4.H4O5P2/c1-5-9-13-17-30-21-23-34(32(25-30)19-15-11-7-3)37(41,36(27-38,28-39)29-40)35-24-22-31(18-14-10-6-2)26-33(35)20-16-12-8-4;1-6(2)5-7(3)4/h21-26,38-41H,5-20,27-29H2,1-4H3;1-4H. The topological polar surface area (TPSA) is 171 Å². The van der Waals surface area contributed by atoms with Gasteiger partial charge in [0, 0.05) is 0 Å². The van der Waals surface area contributed by atoms with Crippen LogP contribution in [-0.4, -0.2) is 59.8 Å². The molecule has 0 aliphatic carbocycles. The summed E-state index contributed by atoms with van der Waals surface area (Å²) in [5.41, 5.74) is 2.75. The van der Waals surface area contributed by atoms with Gasteiger partial charge in [-0.2, -0.15) is 0 Å². The van der Waals surface area contributed by atoms with Gasteiger partial charge >= 0.3 is 17.2 Å².